The molecule has 0 aliphatic carbocycles. The van der Waals surface area contributed by atoms with Crippen LogP contribution in [-0.2, 0) is 6.54 Å². The molecule has 1 aliphatic heterocycles. The summed E-state index contributed by atoms with van der Waals surface area (Å²) in [7, 11) is 0. The van der Waals surface area contributed by atoms with Crippen LogP contribution in [0.2, 0.25) is 0 Å². The zero-order valence-electron chi connectivity index (χ0n) is 12.7. The van der Waals surface area contributed by atoms with Gasteiger partial charge < -0.3 is 29.7 Å². The van der Waals surface area contributed by atoms with E-state index in [1.165, 1.54) is 0 Å². The number of hydrogen-bond donors (Lipinski definition) is 3. The molecule has 1 aromatic carbocycles. The van der Waals surface area contributed by atoms with Crippen molar-refractivity contribution in [3.05, 3.63) is 17.7 Å². The van der Waals surface area contributed by atoms with Gasteiger partial charge in [-0.3, -0.25) is 0 Å². The molecule has 1 aliphatic rings. The summed E-state index contributed by atoms with van der Waals surface area (Å²) in [6, 6.07) is 3.63. The number of nitrogens with one attached hydrogen (secondary N) is 1. The summed E-state index contributed by atoms with van der Waals surface area (Å²) in [6.45, 7) is 6.73. The minimum Gasteiger partial charge on any atom is -0.490 e. The summed E-state index contributed by atoms with van der Waals surface area (Å²) in [6.07, 6.45) is -0.904. The van der Waals surface area contributed by atoms with Crippen molar-refractivity contribution in [3.63, 3.8) is 0 Å². The Kier molecular flexibility index (Phi) is 4.92. The molecule has 6 nitrogen and oxygen atoms in total. The van der Waals surface area contributed by atoms with E-state index in [-0.39, 0.29) is 25.5 Å². The van der Waals surface area contributed by atoms with Gasteiger partial charge in [-0.25, -0.2) is 0 Å². The van der Waals surface area contributed by atoms with Crippen LogP contribution in [0.25, 0.3) is 0 Å². The van der Waals surface area contributed by atoms with Crippen molar-refractivity contribution in [2.24, 2.45) is 0 Å². The van der Waals surface area contributed by atoms with Crippen LogP contribution < -0.4 is 19.5 Å². The molecule has 0 bridgehead atoms. The van der Waals surface area contributed by atoms with Crippen LogP contribution in [0, 0.1) is 0 Å². The molecule has 0 saturated heterocycles. The van der Waals surface area contributed by atoms with E-state index in [9.17, 15) is 5.11 Å². The predicted molar refractivity (Wildman–Crippen MR) is 77.7 cm³/mol. The maximum atomic E-state index is 9.42. The topological polar surface area (TPSA) is 80.2 Å². The normalized spacial score (nSPS) is 15.1. The lowest BCUT2D eigenvalue weighted by Gasteiger charge is -2.22. The van der Waals surface area contributed by atoms with Gasteiger partial charge in [0.1, 0.15) is 18.5 Å². The first-order chi connectivity index (χ1) is 9.89. The molecule has 0 fully saturated rings. The zero-order valence-corrected chi connectivity index (χ0v) is 12.7. The zero-order chi connectivity index (χ0) is 15.5. The highest BCUT2D eigenvalue weighted by molar-refractivity contribution is 5.51. The van der Waals surface area contributed by atoms with E-state index >= 15 is 0 Å². The molecule has 1 heterocycles. The number of aliphatic hydroxyl groups is 2. The lowest BCUT2D eigenvalue weighted by Crippen LogP contribution is -2.35. The van der Waals surface area contributed by atoms with Crippen LogP contribution in [0.1, 0.15) is 26.3 Å². The van der Waals surface area contributed by atoms with Gasteiger partial charge in [0.2, 0.25) is 6.79 Å². The predicted octanol–water partition coefficient (Wildman–Crippen LogP) is 1.04. The second-order valence-electron chi connectivity index (χ2n) is 6.06. The van der Waals surface area contributed by atoms with E-state index in [1.807, 2.05) is 6.07 Å². The standard InChI is InChI=1S/C15H23NO5/c1-15(2,3)16-6-10-4-13-14(21-9-20-13)5-12(10)19-8-11(18)7-17/h4-5,11,16-18H,6-9H2,1-3H3. The molecule has 3 N–H and O–H groups in total. The van der Waals surface area contributed by atoms with Gasteiger partial charge in [0.05, 0.1) is 6.61 Å². The molecule has 2 rings (SSSR count). The third kappa shape index (κ3) is 4.49. The number of aliphatic hydroxyl groups excluding tert-OH is 2. The average Bonchev–Trinajstić information content (AvgIpc) is 2.87. The fourth-order valence-electron chi connectivity index (χ4n) is 1.84. The van der Waals surface area contributed by atoms with Crippen LogP contribution in [0.15, 0.2) is 12.1 Å². The minimum absolute atomic E-state index is 0.0265. The summed E-state index contributed by atoms with van der Waals surface area (Å²) in [5.74, 6) is 1.93. The third-order valence-corrected chi connectivity index (χ3v) is 3.01. The van der Waals surface area contributed by atoms with Crippen molar-refractivity contribution in [2.75, 3.05) is 20.0 Å². The van der Waals surface area contributed by atoms with Crippen LogP contribution in [-0.4, -0.2) is 41.9 Å². The monoisotopic (exact) mass is 297 g/mol. The molecule has 0 aromatic heterocycles. The molecule has 0 amide bonds. The van der Waals surface area contributed by atoms with Crippen LogP contribution in [0.5, 0.6) is 17.2 Å². The highest BCUT2D eigenvalue weighted by atomic mass is 16.7. The van der Waals surface area contributed by atoms with E-state index < -0.39 is 6.10 Å². The fourth-order valence-corrected chi connectivity index (χ4v) is 1.84. The first-order valence-corrected chi connectivity index (χ1v) is 6.98. The maximum Gasteiger partial charge on any atom is 0.231 e. The summed E-state index contributed by atoms with van der Waals surface area (Å²) in [5, 5.41) is 21.7. The van der Waals surface area contributed by atoms with Gasteiger partial charge in [0, 0.05) is 23.7 Å². The average molecular weight is 297 g/mol. The SMILES string of the molecule is CC(C)(C)NCc1cc2c(cc1OCC(O)CO)OCO2. The van der Waals surface area contributed by atoms with E-state index in [0.717, 1.165) is 5.56 Å². The van der Waals surface area contributed by atoms with Crippen molar-refractivity contribution in [2.45, 2.75) is 39.0 Å². The number of ether oxygens (including phenoxy) is 3. The highest BCUT2D eigenvalue weighted by Gasteiger charge is 2.20. The lowest BCUT2D eigenvalue weighted by atomic mass is 10.1. The third-order valence-electron chi connectivity index (χ3n) is 3.01. The molecule has 6 heteroatoms. The van der Waals surface area contributed by atoms with E-state index in [1.54, 1.807) is 6.07 Å². The first-order valence-electron chi connectivity index (χ1n) is 6.98. The van der Waals surface area contributed by atoms with Crippen molar-refractivity contribution in [1.29, 1.82) is 0 Å². The van der Waals surface area contributed by atoms with Gasteiger partial charge in [-0.15, -0.1) is 0 Å². The van der Waals surface area contributed by atoms with Crippen molar-refractivity contribution in [3.8, 4) is 17.2 Å². The second kappa shape index (κ2) is 6.51. The Morgan fingerprint density at radius 1 is 1.29 bits per heavy atom. The summed E-state index contributed by atoms with van der Waals surface area (Å²) < 4.78 is 16.3. The Morgan fingerprint density at radius 3 is 2.57 bits per heavy atom. The Hall–Kier alpha value is -1.50. The number of rotatable bonds is 6. The number of hydrogen-bond acceptors (Lipinski definition) is 6. The molecule has 21 heavy (non-hydrogen) atoms. The molecule has 0 radical (unpaired) electrons. The Labute approximate surface area is 124 Å². The van der Waals surface area contributed by atoms with Crippen molar-refractivity contribution < 1.29 is 24.4 Å². The van der Waals surface area contributed by atoms with Gasteiger partial charge in [-0.2, -0.15) is 0 Å². The van der Waals surface area contributed by atoms with Crippen LogP contribution in [0.3, 0.4) is 0 Å². The Morgan fingerprint density at radius 2 is 1.95 bits per heavy atom. The molecule has 1 aromatic rings. The quantitative estimate of drug-likeness (QED) is 0.728. The molecule has 1 unspecified atom stereocenters. The molecular formula is C15H23NO5. The maximum absolute atomic E-state index is 9.42. The van der Waals surface area contributed by atoms with Crippen LogP contribution >= 0.6 is 0 Å². The Bertz CT molecular complexity index is 484. The van der Waals surface area contributed by atoms with Gasteiger partial charge in [-0.1, -0.05) is 0 Å². The van der Waals surface area contributed by atoms with Gasteiger partial charge in [0.15, 0.2) is 11.5 Å². The number of benzene rings is 1. The lowest BCUT2D eigenvalue weighted by molar-refractivity contribution is 0.0531. The smallest absolute Gasteiger partial charge is 0.231 e. The highest BCUT2D eigenvalue weighted by Crippen LogP contribution is 2.38. The van der Waals surface area contributed by atoms with E-state index in [0.29, 0.717) is 23.8 Å². The summed E-state index contributed by atoms with van der Waals surface area (Å²) in [5.41, 5.74) is 0.887. The molecule has 0 saturated carbocycles. The van der Waals surface area contributed by atoms with Gasteiger partial charge in [-0.05, 0) is 26.8 Å². The first kappa shape index (κ1) is 15.9. The Balaban J connectivity index is 2.15. The van der Waals surface area contributed by atoms with Crippen molar-refractivity contribution in [1.82, 2.24) is 5.32 Å². The fraction of sp³-hybridized carbons (Fsp3) is 0.600. The van der Waals surface area contributed by atoms with Crippen molar-refractivity contribution >= 4 is 0 Å². The minimum atomic E-state index is -0.904. The summed E-state index contributed by atoms with van der Waals surface area (Å²) in [4.78, 5) is 0. The number of fused-ring (bicyclic) bond motifs is 1. The molecule has 1 atom stereocenters. The van der Waals surface area contributed by atoms with E-state index in [2.05, 4.69) is 26.1 Å². The molecule has 0 spiro atoms. The van der Waals surface area contributed by atoms with Gasteiger partial charge in [0.25, 0.3) is 0 Å². The summed E-state index contributed by atoms with van der Waals surface area (Å²) >= 11 is 0. The van der Waals surface area contributed by atoms with Crippen LogP contribution in [0.4, 0.5) is 0 Å². The van der Waals surface area contributed by atoms with Gasteiger partial charge >= 0.3 is 0 Å². The second-order valence-corrected chi connectivity index (χ2v) is 6.06. The molecular weight excluding hydrogens is 274 g/mol. The largest absolute Gasteiger partial charge is 0.490 e. The van der Waals surface area contributed by atoms with E-state index in [4.69, 9.17) is 19.3 Å². The molecule has 118 valence electrons.